The molecule has 170 valence electrons. The van der Waals surface area contributed by atoms with Gasteiger partial charge in [-0.1, -0.05) is 61.5 Å². The van der Waals surface area contributed by atoms with Crippen LogP contribution in [0.2, 0.25) is 0 Å². The van der Waals surface area contributed by atoms with Crippen LogP contribution >= 0.6 is 11.3 Å². The Morgan fingerprint density at radius 1 is 1.00 bits per heavy atom. The number of carbonyl (C=O) groups is 3. The van der Waals surface area contributed by atoms with E-state index in [1.165, 1.54) is 11.3 Å². The van der Waals surface area contributed by atoms with Crippen molar-refractivity contribution >= 4 is 29.3 Å². The molecule has 1 aliphatic rings. The fourth-order valence-electron chi connectivity index (χ4n) is 3.97. The van der Waals surface area contributed by atoms with E-state index >= 15 is 0 Å². The van der Waals surface area contributed by atoms with E-state index in [0.717, 1.165) is 22.3 Å². The number of nitrogens with one attached hydrogen (secondary N) is 2. The minimum absolute atomic E-state index is 0.0271. The van der Waals surface area contributed by atoms with Crippen LogP contribution in [0.3, 0.4) is 0 Å². The molecule has 1 aliphatic carbocycles. The lowest BCUT2D eigenvalue weighted by atomic mass is 9.98. The van der Waals surface area contributed by atoms with E-state index in [4.69, 9.17) is 4.74 Å². The highest BCUT2D eigenvalue weighted by Crippen LogP contribution is 2.44. The Morgan fingerprint density at radius 3 is 2.21 bits per heavy atom. The van der Waals surface area contributed by atoms with E-state index in [9.17, 15) is 19.5 Å². The van der Waals surface area contributed by atoms with Crippen molar-refractivity contribution in [1.29, 1.82) is 0 Å². The van der Waals surface area contributed by atoms with Crippen molar-refractivity contribution in [1.82, 2.24) is 10.6 Å². The van der Waals surface area contributed by atoms with Gasteiger partial charge in [0.25, 0.3) is 0 Å². The molecule has 0 saturated carbocycles. The van der Waals surface area contributed by atoms with Crippen molar-refractivity contribution in [2.24, 2.45) is 5.92 Å². The largest absolute Gasteiger partial charge is 0.479 e. The zero-order valence-corrected chi connectivity index (χ0v) is 18.8. The number of thiophene rings is 1. The average molecular weight is 465 g/mol. The summed E-state index contributed by atoms with van der Waals surface area (Å²) in [6, 6.07) is 18.4. The van der Waals surface area contributed by atoms with Crippen LogP contribution in [-0.4, -0.2) is 36.2 Å². The predicted molar refractivity (Wildman–Crippen MR) is 125 cm³/mol. The van der Waals surface area contributed by atoms with Crippen LogP contribution in [0.4, 0.5) is 4.79 Å². The van der Waals surface area contributed by atoms with E-state index < -0.39 is 29.9 Å². The normalized spacial score (nSPS) is 14.0. The van der Waals surface area contributed by atoms with Crippen LogP contribution in [0, 0.1) is 5.92 Å². The first-order valence-corrected chi connectivity index (χ1v) is 11.5. The number of carbonyl (C=O) groups excluding carboxylic acids is 2. The molecular weight excluding hydrogens is 440 g/mol. The molecule has 4 rings (SSSR count). The van der Waals surface area contributed by atoms with Gasteiger partial charge in [-0.2, -0.15) is 0 Å². The lowest BCUT2D eigenvalue weighted by Gasteiger charge is -2.18. The van der Waals surface area contributed by atoms with Crippen LogP contribution in [-0.2, 0) is 14.3 Å². The number of ether oxygens (including phenoxy) is 1. The molecule has 2 unspecified atom stereocenters. The standard InChI is InChI=1S/C25H24N2O5S/c1-15(23(28)27-22(24(29)30)21-11-6-12-33-21)13-26-25(31)32-14-20-18-9-4-2-7-16(18)17-8-3-5-10-19(17)20/h2-12,15,20,22H,13-14H2,1H3,(H,26,31)(H,27,28)(H,29,30). The third-order valence-corrected chi connectivity index (χ3v) is 6.64. The smallest absolute Gasteiger partial charge is 0.407 e. The summed E-state index contributed by atoms with van der Waals surface area (Å²) in [5.74, 6) is -2.28. The molecule has 1 aromatic heterocycles. The summed E-state index contributed by atoms with van der Waals surface area (Å²) in [6.07, 6.45) is -0.621. The zero-order chi connectivity index (χ0) is 23.4. The monoisotopic (exact) mass is 464 g/mol. The number of carboxylic acid groups (broad SMARTS) is 1. The zero-order valence-electron chi connectivity index (χ0n) is 18.0. The second-order valence-corrected chi connectivity index (χ2v) is 8.88. The molecule has 7 nitrogen and oxygen atoms in total. The van der Waals surface area contributed by atoms with E-state index in [-0.39, 0.29) is 19.1 Å². The molecule has 33 heavy (non-hydrogen) atoms. The SMILES string of the molecule is CC(CNC(=O)OCC1c2ccccc2-c2ccccc21)C(=O)NC(C(=O)O)c1cccs1. The van der Waals surface area contributed by atoms with Crippen molar-refractivity contribution in [3.05, 3.63) is 82.0 Å². The van der Waals surface area contributed by atoms with Gasteiger partial charge in [0.1, 0.15) is 6.61 Å². The van der Waals surface area contributed by atoms with Gasteiger partial charge in [-0.05, 0) is 33.7 Å². The molecule has 2 atom stereocenters. The summed E-state index contributed by atoms with van der Waals surface area (Å²) in [6.45, 7) is 1.82. The van der Waals surface area contributed by atoms with E-state index in [1.807, 2.05) is 36.4 Å². The number of alkyl carbamates (subject to hydrolysis) is 1. The highest BCUT2D eigenvalue weighted by Gasteiger charge is 2.29. The van der Waals surface area contributed by atoms with Crippen molar-refractivity contribution in [2.45, 2.75) is 18.9 Å². The second kappa shape index (κ2) is 9.87. The van der Waals surface area contributed by atoms with E-state index in [0.29, 0.717) is 4.88 Å². The number of hydrogen-bond donors (Lipinski definition) is 3. The molecule has 0 spiro atoms. The van der Waals surface area contributed by atoms with Gasteiger partial charge in [0, 0.05) is 17.3 Å². The van der Waals surface area contributed by atoms with Gasteiger partial charge in [-0.25, -0.2) is 9.59 Å². The number of amides is 2. The summed E-state index contributed by atoms with van der Waals surface area (Å²) in [5, 5.41) is 16.3. The van der Waals surface area contributed by atoms with Crippen molar-refractivity contribution in [3.8, 4) is 11.1 Å². The van der Waals surface area contributed by atoms with Gasteiger partial charge in [-0.3, -0.25) is 4.79 Å². The molecule has 1 heterocycles. The maximum Gasteiger partial charge on any atom is 0.407 e. The van der Waals surface area contributed by atoms with E-state index in [2.05, 4.69) is 22.8 Å². The Balaban J connectivity index is 1.30. The number of benzene rings is 2. The summed E-state index contributed by atoms with van der Waals surface area (Å²) in [4.78, 5) is 36.8. The van der Waals surface area contributed by atoms with Gasteiger partial charge in [-0.15, -0.1) is 11.3 Å². The molecule has 0 bridgehead atoms. The van der Waals surface area contributed by atoms with Gasteiger partial charge >= 0.3 is 12.1 Å². The predicted octanol–water partition coefficient (Wildman–Crippen LogP) is 4.16. The highest BCUT2D eigenvalue weighted by molar-refractivity contribution is 7.10. The van der Waals surface area contributed by atoms with E-state index in [1.54, 1.807) is 24.4 Å². The van der Waals surface area contributed by atoms with Crippen LogP contribution < -0.4 is 10.6 Å². The summed E-state index contributed by atoms with van der Waals surface area (Å²) < 4.78 is 5.47. The lowest BCUT2D eigenvalue weighted by molar-refractivity contribution is -0.142. The average Bonchev–Trinajstić information content (AvgIpc) is 3.46. The topological polar surface area (TPSA) is 105 Å². The number of fused-ring (bicyclic) bond motifs is 3. The molecule has 0 radical (unpaired) electrons. The van der Waals surface area contributed by atoms with Gasteiger partial charge < -0.3 is 20.5 Å². The Morgan fingerprint density at radius 2 is 1.64 bits per heavy atom. The lowest BCUT2D eigenvalue weighted by Crippen LogP contribution is -2.41. The Bertz CT molecular complexity index is 1120. The molecule has 0 fully saturated rings. The molecule has 3 aromatic rings. The van der Waals surface area contributed by atoms with Crippen molar-refractivity contribution in [2.75, 3.05) is 13.2 Å². The van der Waals surface area contributed by atoms with Crippen LogP contribution in [0.1, 0.15) is 34.9 Å². The highest BCUT2D eigenvalue weighted by atomic mass is 32.1. The maximum absolute atomic E-state index is 12.4. The van der Waals surface area contributed by atoms with Crippen LogP contribution in [0.15, 0.2) is 66.0 Å². The fourth-order valence-corrected chi connectivity index (χ4v) is 4.74. The molecular formula is C25H24N2O5S. The summed E-state index contributed by atoms with van der Waals surface area (Å²) in [7, 11) is 0. The minimum Gasteiger partial charge on any atom is -0.479 e. The second-order valence-electron chi connectivity index (χ2n) is 7.90. The first kappa shape index (κ1) is 22.5. The third kappa shape index (κ3) is 4.90. The van der Waals surface area contributed by atoms with Gasteiger partial charge in [0.05, 0.1) is 5.92 Å². The number of rotatable bonds is 8. The summed E-state index contributed by atoms with van der Waals surface area (Å²) >= 11 is 1.25. The molecule has 0 saturated heterocycles. The first-order chi connectivity index (χ1) is 16.0. The molecule has 2 amide bonds. The van der Waals surface area contributed by atoms with Crippen molar-refractivity contribution < 1.29 is 24.2 Å². The summed E-state index contributed by atoms with van der Waals surface area (Å²) in [5.41, 5.74) is 4.53. The quantitative estimate of drug-likeness (QED) is 0.464. The van der Waals surface area contributed by atoms with Crippen molar-refractivity contribution in [3.63, 3.8) is 0 Å². The maximum atomic E-state index is 12.4. The Hall–Kier alpha value is -3.65. The first-order valence-electron chi connectivity index (χ1n) is 10.6. The fraction of sp³-hybridized carbons (Fsp3) is 0.240. The van der Waals surface area contributed by atoms with Gasteiger partial charge in [0.2, 0.25) is 5.91 Å². The molecule has 0 aliphatic heterocycles. The Kier molecular flexibility index (Phi) is 6.74. The molecule has 3 N–H and O–H groups in total. The minimum atomic E-state index is -1.14. The number of hydrogen-bond acceptors (Lipinski definition) is 5. The van der Waals surface area contributed by atoms with Crippen LogP contribution in [0.5, 0.6) is 0 Å². The Labute approximate surface area is 195 Å². The molecule has 8 heteroatoms. The third-order valence-electron chi connectivity index (χ3n) is 5.71. The number of carboxylic acids is 1. The van der Waals surface area contributed by atoms with Gasteiger partial charge in [0.15, 0.2) is 6.04 Å². The van der Waals surface area contributed by atoms with Crippen LogP contribution in [0.25, 0.3) is 11.1 Å². The molecule has 2 aromatic carbocycles. The number of aliphatic carboxylic acids is 1.